The molecule has 2 aromatic heterocycles. The number of allylic oxidation sites excluding steroid dienone is 4. The van der Waals surface area contributed by atoms with Crippen molar-refractivity contribution in [2.45, 2.75) is 72.1 Å². The number of aryl methyl sites for hydroxylation is 2. The predicted octanol–water partition coefficient (Wildman–Crippen LogP) is 8.95. The van der Waals surface area contributed by atoms with Gasteiger partial charge in [-0.1, -0.05) is 69.0 Å². The summed E-state index contributed by atoms with van der Waals surface area (Å²) >= 11 is 0. The Morgan fingerprint density at radius 1 is 1.07 bits per heavy atom. The smallest absolute Gasteiger partial charge is 0.263 e. The molecule has 2 heterocycles. The van der Waals surface area contributed by atoms with E-state index in [0.29, 0.717) is 24.8 Å². The molecule has 1 radical (unpaired) electrons. The van der Waals surface area contributed by atoms with Gasteiger partial charge in [0.25, 0.3) is 5.92 Å². The molecule has 0 bridgehead atoms. The molecule has 241 valence electrons. The number of alkyl halides is 2. The third-order valence-electron chi connectivity index (χ3n) is 7.64. The molecule has 3 aromatic rings. The van der Waals surface area contributed by atoms with Crippen LogP contribution < -0.4 is 0 Å². The van der Waals surface area contributed by atoms with Crippen molar-refractivity contribution in [3.05, 3.63) is 115 Å². The second-order valence-corrected chi connectivity index (χ2v) is 11.0. The van der Waals surface area contributed by atoms with Crippen molar-refractivity contribution < 1.29 is 18.0 Å². The minimum absolute atomic E-state index is 0.123. The maximum Gasteiger partial charge on any atom is 0.263 e. The van der Waals surface area contributed by atoms with Gasteiger partial charge in [-0.25, -0.2) is 13.2 Å². The summed E-state index contributed by atoms with van der Waals surface area (Å²) in [4.78, 5) is 21.1. The molecular weight excluding hydrogens is 575 g/mol. The van der Waals surface area contributed by atoms with E-state index >= 15 is 0 Å². The van der Waals surface area contributed by atoms with Gasteiger partial charge in [0.1, 0.15) is 12.7 Å². The van der Waals surface area contributed by atoms with Gasteiger partial charge in [0, 0.05) is 54.9 Å². The summed E-state index contributed by atoms with van der Waals surface area (Å²) in [6, 6.07) is 10.6. The lowest BCUT2D eigenvalue weighted by molar-refractivity contribution is -0.120. The summed E-state index contributed by atoms with van der Waals surface area (Å²) in [5.41, 5.74) is 6.39. The van der Waals surface area contributed by atoms with E-state index in [-0.39, 0.29) is 11.8 Å². The fourth-order valence-corrected chi connectivity index (χ4v) is 4.82. The number of hydrogen-bond acceptors (Lipinski definition) is 5. The monoisotopic (exact) mass is 620 g/mol. The quantitative estimate of drug-likeness (QED) is 0.115. The fourth-order valence-electron chi connectivity index (χ4n) is 4.82. The third kappa shape index (κ3) is 11.4. The van der Waals surface area contributed by atoms with Crippen molar-refractivity contribution in [1.82, 2.24) is 19.7 Å². The van der Waals surface area contributed by atoms with Gasteiger partial charge < -0.3 is 0 Å². The predicted molar refractivity (Wildman–Crippen MR) is 177 cm³/mol. The molecule has 0 aliphatic heterocycles. The standard InChI is InChI=1S/C21H28FN5O.C11H11.C4H6F2/c1-6-16(8-9-17(7-2)21(28)14(3)22)20(23-5)19-15(4)24-11-10-18(19)27-12-25-26-13-27;1-9-5-7-11(8-6-9)10-3-2-4-10;1-3-4(2,5)6/h10-13,16-17H,3,6-9H2,1-2,4-5H3;2-8,10H,1H3;3H,1H2,2H3. The van der Waals surface area contributed by atoms with Crippen molar-refractivity contribution in [2.75, 3.05) is 7.05 Å². The van der Waals surface area contributed by atoms with Crippen LogP contribution in [0.5, 0.6) is 0 Å². The molecule has 0 fully saturated rings. The molecular formula is C36H45F3N5O. The maximum absolute atomic E-state index is 13.3. The van der Waals surface area contributed by atoms with E-state index in [1.807, 2.05) is 24.5 Å². The molecule has 3 atom stereocenters. The lowest BCUT2D eigenvalue weighted by Gasteiger charge is -2.23. The van der Waals surface area contributed by atoms with Crippen LogP contribution in [0, 0.1) is 32.1 Å². The van der Waals surface area contributed by atoms with Crippen LogP contribution in [-0.2, 0) is 4.79 Å². The number of carbonyl (C=O) groups is 1. The molecule has 0 spiro atoms. The zero-order valence-corrected chi connectivity index (χ0v) is 27.2. The van der Waals surface area contributed by atoms with E-state index in [1.165, 1.54) is 11.1 Å². The highest BCUT2D eigenvalue weighted by molar-refractivity contribution is 6.06. The second-order valence-electron chi connectivity index (χ2n) is 11.0. The number of aliphatic imine (C=N–C) groups is 1. The first-order chi connectivity index (χ1) is 21.4. The van der Waals surface area contributed by atoms with Crippen LogP contribution in [0.4, 0.5) is 13.2 Å². The van der Waals surface area contributed by atoms with Crippen molar-refractivity contribution in [2.24, 2.45) is 16.8 Å². The highest BCUT2D eigenvalue weighted by Crippen LogP contribution is 2.29. The van der Waals surface area contributed by atoms with Crippen LogP contribution in [0.3, 0.4) is 0 Å². The normalized spacial score (nSPS) is 15.4. The molecule has 0 amide bonds. The van der Waals surface area contributed by atoms with E-state index in [0.717, 1.165) is 42.4 Å². The zero-order valence-electron chi connectivity index (χ0n) is 27.2. The minimum atomic E-state index is -2.69. The Morgan fingerprint density at radius 2 is 1.62 bits per heavy atom. The second kappa shape index (κ2) is 18.0. The van der Waals surface area contributed by atoms with E-state index in [9.17, 15) is 18.0 Å². The number of aromatic nitrogens is 4. The van der Waals surface area contributed by atoms with E-state index < -0.39 is 17.5 Å². The van der Waals surface area contributed by atoms with E-state index in [2.05, 4.69) is 90.0 Å². The molecule has 9 heteroatoms. The number of nitrogens with zero attached hydrogens (tertiary/aromatic N) is 5. The van der Waals surface area contributed by atoms with Gasteiger partial charge in [0.15, 0.2) is 11.6 Å². The van der Waals surface area contributed by atoms with Gasteiger partial charge in [-0.2, -0.15) is 0 Å². The number of Topliss-reactive ketones (excluding diaryl/α,β-unsaturated/α-hetero) is 1. The highest BCUT2D eigenvalue weighted by atomic mass is 19.3. The van der Waals surface area contributed by atoms with Gasteiger partial charge in [-0.05, 0) is 63.7 Å². The van der Waals surface area contributed by atoms with Crippen LogP contribution in [0.1, 0.15) is 74.8 Å². The van der Waals surface area contributed by atoms with E-state index in [4.69, 9.17) is 0 Å². The Hall–Kier alpha value is -4.14. The molecule has 1 aromatic carbocycles. The Balaban J connectivity index is 0.000000335. The summed E-state index contributed by atoms with van der Waals surface area (Å²) in [6.07, 6.45) is 14.9. The van der Waals surface area contributed by atoms with Crippen LogP contribution in [-0.4, -0.2) is 44.2 Å². The number of pyridine rings is 1. The van der Waals surface area contributed by atoms with Gasteiger partial charge in [0.05, 0.1) is 5.69 Å². The van der Waals surface area contributed by atoms with Crippen LogP contribution in [0.15, 0.2) is 91.4 Å². The van der Waals surface area contributed by atoms with Crippen molar-refractivity contribution in [3.8, 4) is 5.69 Å². The average Bonchev–Trinajstić information content (AvgIpc) is 3.53. The first-order valence-electron chi connectivity index (χ1n) is 15.1. The van der Waals surface area contributed by atoms with Gasteiger partial charge in [0.2, 0.25) is 0 Å². The number of ketones is 1. The van der Waals surface area contributed by atoms with Gasteiger partial charge in [-0.3, -0.25) is 19.3 Å². The number of halogens is 3. The van der Waals surface area contributed by atoms with Crippen LogP contribution >= 0.6 is 0 Å². The van der Waals surface area contributed by atoms with E-state index in [1.54, 1.807) is 25.9 Å². The Labute approximate surface area is 265 Å². The first kappa shape index (κ1) is 37.0. The molecule has 0 N–H and O–H groups in total. The van der Waals surface area contributed by atoms with Crippen molar-refractivity contribution in [3.63, 3.8) is 0 Å². The summed E-state index contributed by atoms with van der Waals surface area (Å²) in [6.45, 7) is 14.9. The molecule has 1 aliphatic carbocycles. The Bertz CT molecular complexity index is 1440. The summed E-state index contributed by atoms with van der Waals surface area (Å²) in [7, 11) is 1.77. The fraction of sp³-hybridized carbons (Fsp3) is 0.389. The topological polar surface area (TPSA) is 73.0 Å². The molecule has 0 saturated carbocycles. The van der Waals surface area contributed by atoms with Crippen LogP contribution in [0.2, 0.25) is 0 Å². The SMILES string of the molecule is C=C(F)C(=O)C(CC)CCC(CC)C(=NC)c1c(-n2cnnc2)ccnc1C.C=CC(C)(F)F.Cc1ccc(C2[CH]C=C2)cc1. The molecule has 45 heavy (non-hydrogen) atoms. The maximum atomic E-state index is 13.3. The first-order valence-corrected chi connectivity index (χ1v) is 15.1. The minimum Gasteiger partial charge on any atom is -0.292 e. The van der Waals surface area contributed by atoms with Crippen LogP contribution in [0.25, 0.3) is 5.69 Å². The van der Waals surface area contributed by atoms with Gasteiger partial charge in [-0.15, -0.1) is 10.2 Å². The molecule has 3 unspecified atom stereocenters. The molecule has 4 rings (SSSR count). The molecule has 6 nitrogen and oxygen atoms in total. The summed E-state index contributed by atoms with van der Waals surface area (Å²) in [5, 5.41) is 7.79. The Morgan fingerprint density at radius 3 is 2.07 bits per heavy atom. The van der Waals surface area contributed by atoms with Crippen molar-refractivity contribution >= 4 is 11.5 Å². The lowest BCUT2D eigenvalue weighted by atomic mass is 9.84. The number of rotatable bonds is 12. The zero-order chi connectivity index (χ0) is 33.6. The number of hydrogen-bond donors (Lipinski definition) is 0. The average molecular weight is 621 g/mol. The Kier molecular flexibility index (Phi) is 14.8. The molecule has 0 saturated heterocycles. The summed E-state index contributed by atoms with van der Waals surface area (Å²) < 4.78 is 37.8. The van der Waals surface area contributed by atoms with Crippen molar-refractivity contribution in [1.29, 1.82) is 0 Å². The largest absolute Gasteiger partial charge is 0.292 e. The number of carbonyl (C=O) groups excluding carboxylic acids is 1. The van der Waals surface area contributed by atoms with Gasteiger partial charge >= 0.3 is 0 Å². The number of benzene rings is 1. The lowest BCUT2D eigenvalue weighted by Crippen LogP contribution is -2.22. The summed E-state index contributed by atoms with van der Waals surface area (Å²) in [5.74, 6) is -3.69. The third-order valence-corrected chi connectivity index (χ3v) is 7.64. The highest BCUT2D eigenvalue weighted by Gasteiger charge is 2.25. The molecule has 1 aliphatic rings.